The van der Waals surface area contributed by atoms with E-state index in [4.69, 9.17) is 0 Å². The average molecular weight is 285 g/mol. The largest absolute Gasteiger partial charge is 0.507 e. The summed E-state index contributed by atoms with van der Waals surface area (Å²) in [5, 5.41) is 21.7. The summed E-state index contributed by atoms with van der Waals surface area (Å²) in [6.45, 7) is 0.205. The van der Waals surface area contributed by atoms with Crippen LogP contribution >= 0.6 is 0 Å². The van der Waals surface area contributed by atoms with E-state index in [9.17, 15) is 23.8 Å². The lowest BCUT2D eigenvalue weighted by atomic mass is 9.86. The van der Waals surface area contributed by atoms with E-state index in [2.05, 4.69) is 5.32 Å². The number of carbonyl (C=O) groups is 1. The van der Waals surface area contributed by atoms with Crippen LogP contribution in [0.2, 0.25) is 0 Å². The highest BCUT2D eigenvalue weighted by Crippen LogP contribution is 2.25. The third kappa shape index (κ3) is 3.25. The molecule has 0 heterocycles. The smallest absolute Gasteiger partial charge is 0.258 e. The summed E-state index contributed by atoms with van der Waals surface area (Å²) in [4.78, 5) is 11.8. The van der Waals surface area contributed by atoms with Gasteiger partial charge in [-0.15, -0.1) is 0 Å². The summed E-state index contributed by atoms with van der Waals surface area (Å²) in [6.07, 6.45) is 2.94. The molecule has 0 radical (unpaired) electrons. The van der Waals surface area contributed by atoms with Crippen molar-refractivity contribution in [3.8, 4) is 5.75 Å². The third-order valence-electron chi connectivity index (χ3n) is 3.66. The van der Waals surface area contributed by atoms with Crippen molar-refractivity contribution in [3.05, 3.63) is 29.3 Å². The number of carbonyl (C=O) groups excluding carboxylic acids is 1. The SMILES string of the molecule is O=C(NC[C@@H]1CCCC[C@@H]1O)c1c(O)cc(F)cc1F. The number of halogens is 2. The van der Waals surface area contributed by atoms with Gasteiger partial charge in [-0.25, -0.2) is 8.78 Å². The van der Waals surface area contributed by atoms with E-state index in [0.29, 0.717) is 18.6 Å². The lowest BCUT2D eigenvalue weighted by molar-refractivity contribution is 0.0661. The Morgan fingerprint density at radius 1 is 1.30 bits per heavy atom. The van der Waals surface area contributed by atoms with Gasteiger partial charge in [0.2, 0.25) is 0 Å². The highest BCUT2D eigenvalue weighted by Gasteiger charge is 2.25. The number of rotatable bonds is 3. The van der Waals surface area contributed by atoms with Crippen LogP contribution in [0, 0.1) is 17.6 Å². The molecular weight excluding hydrogens is 268 g/mol. The Balaban J connectivity index is 2.02. The number of amides is 1. The lowest BCUT2D eigenvalue weighted by Crippen LogP contribution is -2.37. The van der Waals surface area contributed by atoms with Crippen LogP contribution in [0.5, 0.6) is 5.75 Å². The molecule has 0 bridgehead atoms. The van der Waals surface area contributed by atoms with Crippen molar-refractivity contribution in [1.29, 1.82) is 0 Å². The zero-order valence-corrected chi connectivity index (χ0v) is 10.9. The Labute approximate surface area is 115 Å². The Hall–Kier alpha value is -1.69. The second-order valence-corrected chi connectivity index (χ2v) is 5.10. The zero-order valence-electron chi connectivity index (χ0n) is 10.9. The minimum Gasteiger partial charge on any atom is -0.507 e. The molecule has 0 saturated heterocycles. The summed E-state index contributed by atoms with van der Waals surface area (Å²) in [7, 11) is 0. The van der Waals surface area contributed by atoms with Crippen molar-refractivity contribution in [2.75, 3.05) is 6.54 Å². The van der Waals surface area contributed by atoms with Gasteiger partial charge in [-0.05, 0) is 12.8 Å². The Morgan fingerprint density at radius 2 is 2.00 bits per heavy atom. The van der Waals surface area contributed by atoms with E-state index in [1.807, 2.05) is 0 Å². The molecule has 0 unspecified atom stereocenters. The van der Waals surface area contributed by atoms with Crippen LogP contribution in [-0.4, -0.2) is 28.8 Å². The molecular formula is C14H17F2NO3. The van der Waals surface area contributed by atoms with Crippen molar-refractivity contribution in [1.82, 2.24) is 5.32 Å². The monoisotopic (exact) mass is 285 g/mol. The fourth-order valence-corrected chi connectivity index (χ4v) is 2.52. The molecule has 1 aliphatic rings. The van der Waals surface area contributed by atoms with E-state index >= 15 is 0 Å². The molecule has 6 heteroatoms. The molecule has 4 nitrogen and oxygen atoms in total. The maximum Gasteiger partial charge on any atom is 0.258 e. The molecule has 20 heavy (non-hydrogen) atoms. The average Bonchev–Trinajstić information content (AvgIpc) is 2.36. The Bertz CT molecular complexity index is 484. The number of aliphatic hydroxyl groups excluding tert-OH is 1. The maximum absolute atomic E-state index is 13.5. The first-order valence-corrected chi connectivity index (χ1v) is 6.63. The second kappa shape index (κ2) is 6.17. The van der Waals surface area contributed by atoms with Crippen LogP contribution in [0.3, 0.4) is 0 Å². The predicted molar refractivity (Wildman–Crippen MR) is 68.3 cm³/mol. The first-order chi connectivity index (χ1) is 9.49. The van der Waals surface area contributed by atoms with Gasteiger partial charge in [0, 0.05) is 24.6 Å². The van der Waals surface area contributed by atoms with Gasteiger partial charge in [0.15, 0.2) is 0 Å². The summed E-state index contributed by atoms with van der Waals surface area (Å²) in [5.74, 6) is -3.66. The quantitative estimate of drug-likeness (QED) is 0.795. The van der Waals surface area contributed by atoms with Crippen LogP contribution in [-0.2, 0) is 0 Å². The molecule has 2 atom stereocenters. The van der Waals surface area contributed by atoms with Gasteiger partial charge >= 0.3 is 0 Å². The molecule has 0 spiro atoms. The lowest BCUT2D eigenvalue weighted by Gasteiger charge is -2.27. The molecule has 0 aromatic heterocycles. The number of phenolic OH excluding ortho intramolecular Hbond substituents is 1. The summed E-state index contributed by atoms with van der Waals surface area (Å²) < 4.78 is 26.3. The molecule has 0 aliphatic heterocycles. The van der Waals surface area contributed by atoms with E-state index in [1.54, 1.807) is 0 Å². The summed E-state index contributed by atoms with van der Waals surface area (Å²) in [5.41, 5.74) is -0.573. The predicted octanol–water partition coefficient (Wildman–Crippen LogP) is 1.95. The van der Waals surface area contributed by atoms with Gasteiger partial charge in [0.1, 0.15) is 22.9 Å². The van der Waals surface area contributed by atoms with Gasteiger partial charge in [-0.2, -0.15) is 0 Å². The molecule has 1 fully saturated rings. The minimum absolute atomic E-state index is 0.0710. The Morgan fingerprint density at radius 3 is 2.65 bits per heavy atom. The molecule has 1 saturated carbocycles. The van der Waals surface area contributed by atoms with Crippen molar-refractivity contribution in [2.24, 2.45) is 5.92 Å². The van der Waals surface area contributed by atoms with Crippen molar-refractivity contribution in [2.45, 2.75) is 31.8 Å². The van der Waals surface area contributed by atoms with Crippen LogP contribution in [0.25, 0.3) is 0 Å². The van der Waals surface area contributed by atoms with Gasteiger partial charge < -0.3 is 15.5 Å². The van der Waals surface area contributed by atoms with Crippen molar-refractivity contribution < 1.29 is 23.8 Å². The number of aliphatic hydroxyl groups is 1. The number of benzene rings is 1. The number of aromatic hydroxyl groups is 1. The number of phenols is 1. The third-order valence-corrected chi connectivity index (χ3v) is 3.66. The number of hydrogen-bond donors (Lipinski definition) is 3. The number of nitrogens with one attached hydrogen (secondary N) is 1. The molecule has 1 aliphatic carbocycles. The molecule has 1 aromatic carbocycles. The number of hydrogen-bond acceptors (Lipinski definition) is 3. The van der Waals surface area contributed by atoms with Gasteiger partial charge in [-0.3, -0.25) is 4.79 Å². The van der Waals surface area contributed by atoms with Gasteiger partial charge in [0.25, 0.3) is 5.91 Å². The fraction of sp³-hybridized carbons (Fsp3) is 0.500. The van der Waals surface area contributed by atoms with Crippen LogP contribution in [0.1, 0.15) is 36.0 Å². The maximum atomic E-state index is 13.5. The summed E-state index contributed by atoms with van der Waals surface area (Å²) >= 11 is 0. The van der Waals surface area contributed by atoms with Crippen LogP contribution < -0.4 is 5.32 Å². The van der Waals surface area contributed by atoms with E-state index in [1.165, 1.54) is 0 Å². The van der Waals surface area contributed by atoms with Gasteiger partial charge in [-0.1, -0.05) is 12.8 Å². The fourth-order valence-electron chi connectivity index (χ4n) is 2.52. The summed E-state index contributed by atoms with van der Waals surface area (Å²) in [6, 6.07) is 1.23. The van der Waals surface area contributed by atoms with Crippen LogP contribution in [0.15, 0.2) is 12.1 Å². The van der Waals surface area contributed by atoms with Crippen molar-refractivity contribution >= 4 is 5.91 Å². The van der Waals surface area contributed by atoms with E-state index < -0.39 is 35.0 Å². The highest BCUT2D eigenvalue weighted by atomic mass is 19.1. The first-order valence-electron chi connectivity index (χ1n) is 6.63. The molecule has 1 aromatic rings. The Kier molecular flexibility index (Phi) is 4.54. The molecule has 3 N–H and O–H groups in total. The topological polar surface area (TPSA) is 69.6 Å². The standard InChI is InChI=1S/C14H17F2NO3/c15-9-5-10(16)13(12(19)6-9)14(20)17-7-8-3-1-2-4-11(8)18/h5-6,8,11,18-19H,1-4,7H2,(H,17,20)/t8-,11-/m0/s1. The van der Waals surface area contributed by atoms with Gasteiger partial charge in [0.05, 0.1) is 6.10 Å². The molecule has 1 amide bonds. The molecule has 110 valence electrons. The zero-order chi connectivity index (χ0) is 14.7. The second-order valence-electron chi connectivity index (χ2n) is 5.10. The minimum atomic E-state index is -1.11. The van der Waals surface area contributed by atoms with E-state index in [-0.39, 0.29) is 12.5 Å². The van der Waals surface area contributed by atoms with Crippen LogP contribution in [0.4, 0.5) is 8.78 Å². The first kappa shape index (κ1) is 14.7. The van der Waals surface area contributed by atoms with Crippen molar-refractivity contribution in [3.63, 3.8) is 0 Å². The highest BCUT2D eigenvalue weighted by molar-refractivity contribution is 5.97. The van der Waals surface area contributed by atoms with E-state index in [0.717, 1.165) is 19.3 Å². The molecule has 2 rings (SSSR count). The normalized spacial score (nSPS) is 22.6.